The van der Waals surface area contributed by atoms with Crippen molar-refractivity contribution < 1.29 is 33.8 Å². The van der Waals surface area contributed by atoms with E-state index in [0.717, 1.165) is 62.5 Å². The van der Waals surface area contributed by atoms with Crippen LogP contribution < -0.4 is 0 Å². The van der Waals surface area contributed by atoms with E-state index in [-0.39, 0.29) is 70.4 Å². The van der Waals surface area contributed by atoms with Gasteiger partial charge in [-0.05, 0) is 128 Å². The smallest absolute Gasteiger partial charge is 0.309 e. The van der Waals surface area contributed by atoms with E-state index < -0.39 is 22.8 Å². The second-order valence-corrected chi connectivity index (χ2v) is 21.2. The van der Waals surface area contributed by atoms with E-state index in [9.17, 15) is 24.3 Å². The van der Waals surface area contributed by atoms with Crippen LogP contribution >= 0.6 is 11.6 Å². The van der Waals surface area contributed by atoms with Crippen molar-refractivity contribution in [3.63, 3.8) is 0 Å². The fourth-order valence-electron chi connectivity index (χ4n) is 13.8. The van der Waals surface area contributed by atoms with Gasteiger partial charge in [0.2, 0.25) is 5.91 Å². The maximum absolute atomic E-state index is 14.3. The molecule has 5 aliphatic carbocycles. The van der Waals surface area contributed by atoms with Crippen LogP contribution in [0.4, 0.5) is 0 Å². The number of hydrogen-bond donors (Lipinski definition) is 1. The Hall–Kier alpha value is -2.71. The summed E-state index contributed by atoms with van der Waals surface area (Å²) in [5.41, 5.74) is 1.66. The summed E-state index contributed by atoms with van der Waals surface area (Å²) in [5.74, 6) is 0.0480. The highest BCUT2D eigenvalue weighted by Crippen LogP contribution is 2.77. The van der Waals surface area contributed by atoms with Crippen LogP contribution in [0.15, 0.2) is 35.4 Å². The van der Waals surface area contributed by atoms with Gasteiger partial charge in [0.1, 0.15) is 12.7 Å². The van der Waals surface area contributed by atoms with Gasteiger partial charge in [-0.15, -0.1) is 0 Å². The zero-order chi connectivity index (χ0) is 40.1. The van der Waals surface area contributed by atoms with Crippen molar-refractivity contribution in [1.82, 2.24) is 4.90 Å². The van der Waals surface area contributed by atoms with Gasteiger partial charge in [0.25, 0.3) is 0 Å². The summed E-state index contributed by atoms with van der Waals surface area (Å²) in [7, 11) is 0. The molecular formula is C46H64ClNO7. The number of halogens is 1. The van der Waals surface area contributed by atoms with Crippen molar-refractivity contribution in [3.8, 4) is 0 Å². The van der Waals surface area contributed by atoms with Gasteiger partial charge in [0.05, 0.1) is 17.9 Å². The highest BCUT2D eigenvalue weighted by Gasteiger charge is 2.71. The number of amides is 1. The number of ketones is 1. The molecule has 7 rings (SSSR count). The SMILES string of the molecule is CC(C)C1=C2[C@H]3CC[C@@H]4[C@@]5(C)CC[C@H](OC(=O)CC(C)(C)C(=O)O)C(C)(C)[C@@H]5CC[C@@]4(C)[C@]3(C)CCC2([C@@H]2CN(Cc3ccc(Cl)cc3)C(=O)CO2)CC1=O. The zero-order valence-electron chi connectivity index (χ0n) is 34.7. The maximum atomic E-state index is 14.3. The fraction of sp³-hybridized carbons (Fsp3) is 0.739. The molecule has 1 aliphatic heterocycles. The number of aliphatic carboxylic acids is 1. The third kappa shape index (κ3) is 6.24. The Morgan fingerprint density at radius 2 is 1.64 bits per heavy atom. The van der Waals surface area contributed by atoms with Crippen molar-refractivity contribution >= 4 is 35.2 Å². The number of esters is 1. The number of carbonyl (C=O) groups is 4. The normalized spacial score (nSPS) is 38.6. The number of nitrogens with zero attached hydrogens (tertiary/aromatic N) is 1. The number of fused-ring (bicyclic) bond motifs is 7. The van der Waals surface area contributed by atoms with Gasteiger partial charge in [-0.25, -0.2) is 0 Å². The minimum Gasteiger partial charge on any atom is -0.481 e. The Bertz CT molecular complexity index is 1780. The van der Waals surface area contributed by atoms with Crippen molar-refractivity contribution in [2.45, 2.75) is 145 Å². The molecule has 5 fully saturated rings. The third-order valence-corrected chi connectivity index (χ3v) is 17.2. The van der Waals surface area contributed by atoms with Crippen molar-refractivity contribution in [3.05, 3.63) is 46.0 Å². The zero-order valence-corrected chi connectivity index (χ0v) is 35.4. The number of rotatable bonds is 8. The molecule has 1 N–H and O–H groups in total. The molecule has 1 aromatic rings. The van der Waals surface area contributed by atoms with Crippen LogP contribution in [0.2, 0.25) is 5.02 Å². The lowest BCUT2D eigenvalue weighted by Crippen LogP contribution is -2.66. The standard InChI is InChI=1S/C46H64ClNO7/c1-27(2)38-31(49)22-46(35-25-48(36(50)26-54-35)24-28-10-12-29(47)13-11-28)21-20-44(8)30(39(38)46)14-15-33-43(7)18-17-34(55-37(51)23-41(3,4)40(52)53)42(5,6)32(43)16-19-45(33,44)9/h10-13,27,30,32-35H,14-26H2,1-9H3,(H,52,53)/t30-,32+,33-,34+,35+,43+,44-,45-,46?/m1/s1. The minimum absolute atomic E-state index is 0.0169. The van der Waals surface area contributed by atoms with E-state index in [1.807, 2.05) is 29.2 Å². The first-order valence-electron chi connectivity index (χ1n) is 21.0. The summed E-state index contributed by atoms with van der Waals surface area (Å²) < 4.78 is 12.7. The summed E-state index contributed by atoms with van der Waals surface area (Å²) in [6.07, 6.45) is 7.71. The monoisotopic (exact) mass is 777 g/mol. The second kappa shape index (κ2) is 13.7. The maximum Gasteiger partial charge on any atom is 0.309 e. The third-order valence-electron chi connectivity index (χ3n) is 16.9. The molecule has 6 aliphatic rings. The summed E-state index contributed by atoms with van der Waals surface area (Å²) in [5, 5.41) is 10.3. The number of allylic oxidation sites excluding steroid dienone is 1. The van der Waals surface area contributed by atoms with Gasteiger partial charge >= 0.3 is 11.9 Å². The molecule has 0 aromatic heterocycles. The Labute approximate surface area is 333 Å². The van der Waals surface area contributed by atoms with E-state index in [1.165, 1.54) is 5.57 Å². The highest BCUT2D eigenvalue weighted by molar-refractivity contribution is 6.30. The average molecular weight is 778 g/mol. The molecule has 0 radical (unpaired) electrons. The van der Waals surface area contributed by atoms with E-state index in [0.29, 0.717) is 36.4 Å². The molecule has 1 unspecified atom stereocenters. The lowest BCUT2D eigenvalue weighted by atomic mass is 9.33. The van der Waals surface area contributed by atoms with Gasteiger partial charge in [-0.3, -0.25) is 19.2 Å². The number of hydrogen-bond acceptors (Lipinski definition) is 6. The molecule has 1 aromatic carbocycles. The first-order valence-corrected chi connectivity index (χ1v) is 21.3. The highest BCUT2D eigenvalue weighted by atomic mass is 35.5. The molecule has 9 atom stereocenters. The van der Waals surface area contributed by atoms with Gasteiger partial charge in [-0.1, -0.05) is 77.8 Å². The predicted molar refractivity (Wildman–Crippen MR) is 212 cm³/mol. The predicted octanol–water partition coefficient (Wildman–Crippen LogP) is 9.46. The summed E-state index contributed by atoms with van der Waals surface area (Å²) in [4.78, 5) is 54.4. The molecule has 1 saturated heterocycles. The average Bonchev–Trinajstić information content (AvgIpc) is 3.41. The number of carboxylic acids is 1. The Morgan fingerprint density at radius 1 is 0.945 bits per heavy atom. The number of morpholine rings is 1. The lowest BCUT2D eigenvalue weighted by Gasteiger charge is -2.72. The van der Waals surface area contributed by atoms with E-state index in [4.69, 9.17) is 21.1 Å². The molecule has 0 bridgehead atoms. The van der Waals surface area contributed by atoms with E-state index in [2.05, 4.69) is 48.5 Å². The van der Waals surface area contributed by atoms with Crippen molar-refractivity contribution in [2.75, 3.05) is 13.2 Å². The van der Waals surface area contributed by atoms with Crippen LogP contribution in [0.1, 0.15) is 132 Å². The molecule has 9 heteroatoms. The van der Waals surface area contributed by atoms with Crippen LogP contribution in [0, 0.1) is 56.2 Å². The van der Waals surface area contributed by atoms with Crippen LogP contribution in [-0.4, -0.2) is 59.0 Å². The number of carbonyl (C=O) groups excluding carboxylic acids is 3. The minimum atomic E-state index is -1.17. The Balaban J connectivity index is 1.17. The first kappa shape index (κ1) is 40.5. The number of ether oxygens (including phenoxy) is 2. The number of carboxylic acid groups (broad SMARTS) is 1. The Morgan fingerprint density at radius 3 is 2.29 bits per heavy atom. The number of Topliss-reactive ketones (excluding diaryl/α,β-unsaturated/α-hetero) is 1. The molecule has 0 spiro atoms. The lowest BCUT2D eigenvalue weighted by molar-refractivity contribution is -0.236. The second-order valence-electron chi connectivity index (χ2n) is 20.8. The quantitative estimate of drug-likeness (QED) is 0.262. The van der Waals surface area contributed by atoms with Gasteiger partial charge < -0.3 is 19.5 Å². The van der Waals surface area contributed by atoms with Gasteiger partial charge in [0.15, 0.2) is 5.78 Å². The summed E-state index contributed by atoms with van der Waals surface area (Å²) in [6.45, 7) is 20.7. The first-order chi connectivity index (χ1) is 25.6. The van der Waals surface area contributed by atoms with E-state index >= 15 is 0 Å². The molecule has 1 amide bonds. The van der Waals surface area contributed by atoms with Crippen LogP contribution in [-0.2, 0) is 35.2 Å². The summed E-state index contributed by atoms with van der Waals surface area (Å²) >= 11 is 6.17. The van der Waals surface area contributed by atoms with Crippen LogP contribution in [0.3, 0.4) is 0 Å². The van der Waals surface area contributed by atoms with Gasteiger partial charge in [0, 0.05) is 35.4 Å². The molecule has 55 heavy (non-hydrogen) atoms. The molecule has 1 heterocycles. The van der Waals surface area contributed by atoms with Crippen molar-refractivity contribution in [1.29, 1.82) is 0 Å². The molecular weight excluding hydrogens is 714 g/mol. The number of benzene rings is 1. The van der Waals surface area contributed by atoms with Crippen molar-refractivity contribution in [2.24, 2.45) is 56.2 Å². The largest absolute Gasteiger partial charge is 0.481 e. The summed E-state index contributed by atoms with van der Waals surface area (Å²) in [6, 6.07) is 7.68. The van der Waals surface area contributed by atoms with Gasteiger partial charge in [-0.2, -0.15) is 0 Å². The van der Waals surface area contributed by atoms with E-state index in [1.54, 1.807) is 13.8 Å². The Kier molecular flexibility index (Phi) is 10.1. The van der Waals surface area contributed by atoms with Crippen LogP contribution in [0.25, 0.3) is 0 Å². The van der Waals surface area contributed by atoms with Crippen LogP contribution in [0.5, 0.6) is 0 Å². The fourth-order valence-corrected chi connectivity index (χ4v) is 13.9. The molecule has 4 saturated carbocycles. The molecule has 302 valence electrons. The topological polar surface area (TPSA) is 110 Å². The molecule has 8 nitrogen and oxygen atoms in total.